The molecular weight excluding hydrogens is 225 g/mol. The molecule has 0 unspecified atom stereocenters. The molecule has 0 spiro atoms. The van der Waals surface area contributed by atoms with Crippen LogP contribution in [0.3, 0.4) is 0 Å². The molecule has 0 saturated carbocycles. The molecule has 18 heavy (non-hydrogen) atoms. The number of hydrogen-bond donors (Lipinski definition) is 1. The number of nitrogens with one attached hydrogen (secondary N) is 1. The Balaban J connectivity index is 1.92. The van der Waals surface area contributed by atoms with Gasteiger partial charge in [0.2, 0.25) is 0 Å². The summed E-state index contributed by atoms with van der Waals surface area (Å²) in [4.78, 5) is 3.26. The lowest BCUT2D eigenvalue weighted by molar-refractivity contribution is 0.629. The molecule has 2 heteroatoms. The average molecular weight is 239 g/mol. The van der Waals surface area contributed by atoms with Crippen LogP contribution in [0.25, 0.3) is 10.9 Å². The van der Waals surface area contributed by atoms with Crippen molar-refractivity contribution in [3.8, 4) is 0 Å². The highest BCUT2D eigenvalue weighted by atomic mass is 19.1. The van der Waals surface area contributed by atoms with E-state index in [0.717, 1.165) is 23.0 Å². The van der Waals surface area contributed by atoms with Gasteiger partial charge in [-0.15, -0.1) is 0 Å². The van der Waals surface area contributed by atoms with Gasteiger partial charge in [0, 0.05) is 17.6 Å². The molecule has 3 aromatic rings. The molecular formula is C16H14FN. The predicted octanol–water partition coefficient (Wildman–Crippen LogP) is 4.21. The largest absolute Gasteiger partial charge is 0.358 e. The van der Waals surface area contributed by atoms with Crippen molar-refractivity contribution in [2.75, 3.05) is 0 Å². The van der Waals surface area contributed by atoms with Gasteiger partial charge in [-0.2, -0.15) is 0 Å². The third-order valence-corrected chi connectivity index (χ3v) is 3.16. The van der Waals surface area contributed by atoms with Crippen molar-refractivity contribution in [2.24, 2.45) is 0 Å². The third-order valence-electron chi connectivity index (χ3n) is 3.16. The van der Waals surface area contributed by atoms with Crippen molar-refractivity contribution in [1.29, 1.82) is 0 Å². The molecule has 1 N–H and O–H groups in total. The zero-order valence-corrected chi connectivity index (χ0v) is 10.2. The van der Waals surface area contributed by atoms with E-state index in [1.54, 1.807) is 6.07 Å². The molecule has 0 aliphatic rings. The number of aryl methyl sites for hydroxylation is 1. The summed E-state index contributed by atoms with van der Waals surface area (Å²) in [6.07, 6.45) is 0.844. The third kappa shape index (κ3) is 2.14. The normalized spacial score (nSPS) is 11.0. The first-order chi connectivity index (χ1) is 8.70. The Morgan fingerprint density at radius 3 is 2.56 bits per heavy atom. The summed E-state index contributed by atoms with van der Waals surface area (Å²) in [5.74, 6) is -0.203. The summed E-state index contributed by atoms with van der Waals surface area (Å²) in [6.45, 7) is 2.08. The van der Waals surface area contributed by atoms with Gasteiger partial charge in [0.1, 0.15) is 5.82 Å². The van der Waals surface area contributed by atoms with Crippen LogP contribution in [0.4, 0.5) is 4.39 Å². The summed E-state index contributed by atoms with van der Waals surface area (Å²) >= 11 is 0. The molecule has 0 bridgehead atoms. The minimum atomic E-state index is -0.203. The van der Waals surface area contributed by atoms with Crippen molar-refractivity contribution in [1.82, 2.24) is 4.98 Å². The van der Waals surface area contributed by atoms with E-state index in [2.05, 4.69) is 42.2 Å². The van der Waals surface area contributed by atoms with Crippen molar-refractivity contribution in [3.63, 3.8) is 0 Å². The van der Waals surface area contributed by atoms with Crippen LogP contribution in [-0.4, -0.2) is 4.98 Å². The molecule has 0 aliphatic carbocycles. The van der Waals surface area contributed by atoms with Crippen LogP contribution in [0.15, 0.2) is 48.5 Å². The van der Waals surface area contributed by atoms with Crippen LogP contribution in [0.2, 0.25) is 0 Å². The highest BCUT2D eigenvalue weighted by Crippen LogP contribution is 2.18. The van der Waals surface area contributed by atoms with E-state index in [1.165, 1.54) is 23.3 Å². The van der Waals surface area contributed by atoms with Gasteiger partial charge in [-0.05, 0) is 42.1 Å². The van der Waals surface area contributed by atoms with Crippen LogP contribution in [0.5, 0.6) is 0 Å². The fraction of sp³-hybridized carbons (Fsp3) is 0.125. The second kappa shape index (κ2) is 4.30. The average Bonchev–Trinajstić information content (AvgIpc) is 2.73. The maximum atomic E-state index is 13.1. The molecule has 1 heterocycles. The highest BCUT2D eigenvalue weighted by molar-refractivity contribution is 5.80. The van der Waals surface area contributed by atoms with Crippen LogP contribution in [0, 0.1) is 12.7 Å². The number of halogens is 1. The first kappa shape index (κ1) is 11.0. The molecule has 1 aromatic heterocycles. The van der Waals surface area contributed by atoms with Gasteiger partial charge in [-0.1, -0.05) is 29.8 Å². The summed E-state index contributed by atoms with van der Waals surface area (Å²) in [6, 6.07) is 15.4. The Kier molecular flexibility index (Phi) is 2.63. The molecule has 2 aromatic carbocycles. The number of H-pyrrole nitrogens is 1. The fourth-order valence-corrected chi connectivity index (χ4v) is 2.18. The molecule has 0 fully saturated rings. The first-order valence-corrected chi connectivity index (χ1v) is 6.03. The van der Waals surface area contributed by atoms with Gasteiger partial charge in [-0.3, -0.25) is 0 Å². The summed E-state index contributed by atoms with van der Waals surface area (Å²) < 4.78 is 13.1. The van der Waals surface area contributed by atoms with Crippen molar-refractivity contribution >= 4 is 10.9 Å². The number of aromatic nitrogens is 1. The number of hydrogen-bond acceptors (Lipinski definition) is 0. The van der Waals surface area contributed by atoms with Crippen molar-refractivity contribution in [2.45, 2.75) is 13.3 Å². The Morgan fingerprint density at radius 2 is 1.78 bits per heavy atom. The molecule has 1 nitrogen and oxygen atoms in total. The SMILES string of the molecule is Cc1ccc(Cc2cc3ccc(F)cc3[nH]2)cc1. The first-order valence-electron chi connectivity index (χ1n) is 6.03. The maximum absolute atomic E-state index is 13.1. The van der Waals surface area contributed by atoms with E-state index in [9.17, 15) is 4.39 Å². The summed E-state index contributed by atoms with van der Waals surface area (Å²) in [5, 5.41) is 1.05. The van der Waals surface area contributed by atoms with E-state index in [0.29, 0.717) is 0 Å². The van der Waals surface area contributed by atoms with Crippen molar-refractivity contribution < 1.29 is 4.39 Å². The Bertz CT molecular complexity index is 680. The number of fused-ring (bicyclic) bond motifs is 1. The van der Waals surface area contributed by atoms with Gasteiger partial charge in [0.25, 0.3) is 0 Å². The molecule has 0 radical (unpaired) electrons. The maximum Gasteiger partial charge on any atom is 0.125 e. The molecule has 90 valence electrons. The summed E-state index contributed by atoms with van der Waals surface area (Å²) in [5.41, 5.74) is 4.49. The lowest BCUT2D eigenvalue weighted by Gasteiger charge is -1.99. The highest BCUT2D eigenvalue weighted by Gasteiger charge is 2.03. The van der Waals surface area contributed by atoms with Gasteiger partial charge < -0.3 is 4.98 Å². The molecule has 0 saturated heterocycles. The predicted molar refractivity (Wildman–Crippen MR) is 72.2 cm³/mol. The van der Waals surface area contributed by atoms with Gasteiger partial charge in [0.15, 0.2) is 0 Å². The van der Waals surface area contributed by atoms with Crippen LogP contribution in [0.1, 0.15) is 16.8 Å². The molecule has 0 aliphatic heterocycles. The minimum absolute atomic E-state index is 0.203. The van der Waals surface area contributed by atoms with E-state index in [-0.39, 0.29) is 5.82 Å². The molecule has 3 rings (SSSR count). The van der Waals surface area contributed by atoms with Gasteiger partial charge in [-0.25, -0.2) is 4.39 Å². The zero-order valence-electron chi connectivity index (χ0n) is 10.2. The van der Waals surface area contributed by atoms with Gasteiger partial charge in [0.05, 0.1) is 0 Å². The van der Waals surface area contributed by atoms with Crippen molar-refractivity contribution in [3.05, 3.63) is 71.2 Å². The zero-order chi connectivity index (χ0) is 12.5. The van der Waals surface area contributed by atoms with E-state index >= 15 is 0 Å². The van der Waals surface area contributed by atoms with Gasteiger partial charge >= 0.3 is 0 Å². The monoisotopic (exact) mass is 239 g/mol. The Hall–Kier alpha value is -2.09. The van der Waals surface area contributed by atoms with E-state index < -0.39 is 0 Å². The molecule has 0 atom stereocenters. The quantitative estimate of drug-likeness (QED) is 0.689. The molecule has 0 amide bonds. The number of rotatable bonds is 2. The standard InChI is InChI=1S/C16H14FN/c1-11-2-4-12(5-3-11)8-15-9-13-6-7-14(17)10-16(13)18-15/h2-7,9-10,18H,8H2,1H3. The van der Waals surface area contributed by atoms with Crippen LogP contribution < -0.4 is 0 Å². The topological polar surface area (TPSA) is 15.8 Å². The minimum Gasteiger partial charge on any atom is -0.358 e. The Morgan fingerprint density at radius 1 is 1.00 bits per heavy atom. The van der Waals surface area contributed by atoms with Crippen LogP contribution in [-0.2, 0) is 6.42 Å². The van der Waals surface area contributed by atoms with E-state index in [1.807, 2.05) is 0 Å². The Labute approximate surface area is 105 Å². The second-order valence-corrected chi connectivity index (χ2v) is 4.69. The fourth-order valence-electron chi connectivity index (χ4n) is 2.18. The number of aromatic amines is 1. The lowest BCUT2D eigenvalue weighted by atomic mass is 10.1. The second-order valence-electron chi connectivity index (χ2n) is 4.69. The smallest absolute Gasteiger partial charge is 0.125 e. The van der Waals surface area contributed by atoms with E-state index in [4.69, 9.17) is 0 Å². The van der Waals surface area contributed by atoms with Crippen LogP contribution >= 0.6 is 0 Å². The number of benzene rings is 2. The summed E-state index contributed by atoms with van der Waals surface area (Å²) in [7, 11) is 0. The lowest BCUT2D eigenvalue weighted by Crippen LogP contribution is -1.87.